The molecule has 1 nitrogen and oxygen atoms in total. The quantitative estimate of drug-likeness (QED) is 0.623. The Morgan fingerprint density at radius 3 is 2.90 bits per heavy atom. The van der Waals surface area contributed by atoms with Crippen LogP contribution in [0.15, 0.2) is 0 Å². The van der Waals surface area contributed by atoms with Crippen LogP contribution in [0.5, 0.6) is 0 Å². The molecule has 0 bridgehead atoms. The van der Waals surface area contributed by atoms with Gasteiger partial charge in [-0.25, -0.2) is 0 Å². The zero-order valence-electron chi connectivity index (χ0n) is 5.83. The van der Waals surface area contributed by atoms with Crippen LogP contribution in [0.4, 0.5) is 0 Å². The van der Waals surface area contributed by atoms with Gasteiger partial charge in [0.2, 0.25) is 4.38 Å². The molecule has 0 spiro atoms. The van der Waals surface area contributed by atoms with Crippen molar-refractivity contribution >= 4 is 40.1 Å². The van der Waals surface area contributed by atoms with Crippen LogP contribution in [0.3, 0.4) is 0 Å². The standard InChI is InChI=1S/C6H10OS3/c1-2-7-6(8)10-5-3-9-4-5/h5H,2-4H2,1H3. The fraction of sp³-hybridized carbons (Fsp3) is 0.833. The van der Waals surface area contributed by atoms with E-state index in [0.29, 0.717) is 11.0 Å². The Morgan fingerprint density at radius 1 is 1.80 bits per heavy atom. The van der Waals surface area contributed by atoms with E-state index in [1.165, 1.54) is 11.5 Å². The Labute approximate surface area is 75.3 Å². The van der Waals surface area contributed by atoms with Crippen LogP contribution >= 0.6 is 35.7 Å². The van der Waals surface area contributed by atoms with Crippen molar-refractivity contribution in [2.24, 2.45) is 0 Å². The molecule has 0 saturated carbocycles. The SMILES string of the molecule is CCOC(=S)SC1CSC1. The minimum absolute atomic E-state index is 0.700. The molecule has 1 rings (SSSR count). The smallest absolute Gasteiger partial charge is 0.220 e. The maximum Gasteiger partial charge on any atom is 0.220 e. The maximum absolute atomic E-state index is 5.13. The van der Waals surface area contributed by atoms with Gasteiger partial charge in [0.15, 0.2) is 0 Å². The molecular formula is C6H10OS3. The number of thiocarbonyl (C=S) groups is 1. The molecule has 0 unspecified atom stereocenters. The predicted octanol–water partition coefficient (Wildman–Crippen LogP) is 2.16. The maximum atomic E-state index is 5.13. The highest BCUT2D eigenvalue weighted by atomic mass is 32.2. The summed E-state index contributed by atoms with van der Waals surface area (Å²) in [6, 6.07) is 0. The molecule has 1 aliphatic heterocycles. The minimum Gasteiger partial charge on any atom is -0.479 e. The Morgan fingerprint density at radius 2 is 2.50 bits per heavy atom. The summed E-state index contributed by atoms with van der Waals surface area (Å²) in [4.78, 5) is 0. The zero-order chi connectivity index (χ0) is 7.40. The highest BCUT2D eigenvalue weighted by molar-refractivity contribution is 8.24. The number of hydrogen-bond donors (Lipinski definition) is 0. The highest BCUT2D eigenvalue weighted by Gasteiger charge is 2.20. The molecule has 0 aliphatic carbocycles. The summed E-state index contributed by atoms with van der Waals surface area (Å²) in [5.74, 6) is 2.47. The zero-order valence-corrected chi connectivity index (χ0v) is 8.28. The lowest BCUT2D eigenvalue weighted by Crippen LogP contribution is -2.22. The highest BCUT2D eigenvalue weighted by Crippen LogP contribution is 2.30. The molecule has 0 amide bonds. The number of thioether (sulfide) groups is 2. The molecule has 0 aromatic carbocycles. The van der Waals surface area contributed by atoms with E-state index in [2.05, 4.69) is 0 Å². The van der Waals surface area contributed by atoms with E-state index in [-0.39, 0.29) is 0 Å². The van der Waals surface area contributed by atoms with Crippen molar-refractivity contribution in [3.05, 3.63) is 0 Å². The Bertz CT molecular complexity index is 122. The van der Waals surface area contributed by atoms with E-state index in [0.717, 1.165) is 5.25 Å². The minimum atomic E-state index is 0.700. The molecule has 10 heavy (non-hydrogen) atoms. The van der Waals surface area contributed by atoms with Crippen molar-refractivity contribution in [3.63, 3.8) is 0 Å². The van der Waals surface area contributed by atoms with Crippen molar-refractivity contribution < 1.29 is 4.74 Å². The first-order valence-corrected chi connectivity index (χ1v) is 5.68. The van der Waals surface area contributed by atoms with Crippen molar-refractivity contribution in [1.82, 2.24) is 0 Å². The third-order valence-corrected chi connectivity index (χ3v) is 4.21. The van der Waals surface area contributed by atoms with Gasteiger partial charge >= 0.3 is 0 Å². The summed E-state index contributed by atoms with van der Waals surface area (Å²) in [5, 5.41) is 0.726. The molecular weight excluding hydrogens is 184 g/mol. The van der Waals surface area contributed by atoms with Gasteiger partial charge in [0.1, 0.15) is 0 Å². The van der Waals surface area contributed by atoms with Gasteiger partial charge in [-0.15, -0.1) is 0 Å². The van der Waals surface area contributed by atoms with Crippen molar-refractivity contribution in [1.29, 1.82) is 0 Å². The second-order valence-corrected chi connectivity index (χ2v) is 4.94. The second kappa shape index (κ2) is 4.46. The van der Waals surface area contributed by atoms with Gasteiger partial charge in [-0.2, -0.15) is 11.8 Å². The average molecular weight is 194 g/mol. The van der Waals surface area contributed by atoms with Gasteiger partial charge in [-0.3, -0.25) is 0 Å². The molecule has 1 saturated heterocycles. The number of hydrogen-bond acceptors (Lipinski definition) is 4. The molecule has 0 aromatic heterocycles. The van der Waals surface area contributed by atoms with Gasteiger partial charge in [0, 0.05) is 16.8 Å². The van der Waals surface area contributed by atoms with Crippen molar-refractivity contribution in [2.75, 3.05) is 18.1 Å². The third kappa shape index (κ3) is 2.68. The Balaban J connectivity index is 2.05. The van der Waals surface area contributed by atoms with Gasteiger partial charge in [0.25, 0.3) is 0 Å². The number of ether oxygens (including phenoxy) is 1. The monoisotopic (exact) mass is 194 g/mol. The van der Waals surface area contributed by atoms with E-state index < -0.39 is 0 Å². The largest absolute Gasteiger partial charge is 0.479 e. The topological polar surface area (TPSA) is 9.23 Å². The second-order valence-electron chi connectivity index (χ2n) is 1.96. The normalized spacial score (nSPS) is 18.1. The molecule has 1 aliphatic rings. The van der Waals surface area contributed by atoms with Crippen LogP contribution < -0.4 is 0 Å². The molecule has 58 valence electrons. The first-order valence-electron chi connectivity index (χ1n) is 3.24. The van der Waals surface area contributed by atoms with Crippen LogP contribution in [-0.2, 0) is 4.74 Å². The van der Waals surface area contributed by atoms with Crippen LogP contribution in [0.2, 0.25) is 0 Å². The van der Waals surface area contributed by atoms with Gasteiger partial charge < -0.3 is 4.74 Å². The van der Waals surface area contributed by atoms with E-state index in [9.17, 15) is 0 Å². The molecule has 0 atom stereocenters. The van der Waals surface area contributed by atoms with Gasteiger partial charge in [0.05, 0.1) is 6.61 Å². The molecule has 1 heterocycles. The predicted molar refractivity (Wildman–Crippen MR) is 52.9 cm³/mol. The van der Waals surface area contributed by atoms with E-state index in [1.54, 1.807) is 11.8 Å². The summed E-state index contributed by atoms with van der Waals surface area (Å²) in [5.41, 5.74) is 0. The van der Waals surface area contributed by atoms with Crippen LogP contribution in [0.25, 0.3) is 0 Å². The fourth-order valence-corrected chi connectivity index (χ4v) is 3.10. The lowest BCUT2D eigenvalue weighted by Gasteiger charge is -2.23. The summed E-state index contributed by atoms with van der Waals surface area (Å²) < 4.78 is 5.85. The van der Waals surface area contributed by atoms with Gasteiger partial charge in [-0.05, 0) is 19.1 Å². The van der Waals surface area contributed by atoms with Crippen LogP contribution in [0, 0.1) is 0 Å². The van der Waals surface area contributed by atoms with Gasteiger partial charge in [-0.1, -0.05) is 11.8 Å². The molecule has 4 heteroatoms. The summed E-state index contributed by atoms with van der Waals surface area (Å²) in [7, 11) is 0. The Hall–Kier alpha value is 0.590. The Kier molecular flexibility index (Phi) is 3.88. The van der Waals surface area contributed by atoms with E-state index >= 15 is 0 Å². The fourth-order valence-electron chi connectivity index (χ4n) is 0.570. The first kappa shape index (κ1) is 8.68. The number of rotatable bonds is 2. The summed E-state index contributed by atoms with van der Waals surface area (Å²) >= 11 is 8.63. The lowest BCUT2D eigenvalue weighted by atomic mass is 10.5. The van der Waals surface area contributed by atoms with Crippen LogP contribution in [0.1, 0.15) is 6.92 Å². The van der Waals surface area contributed by atoms with Crippen molar-refractivity contribution in [3.8, 4) is 0 Å². The van der Waals surface area contributed by atoms with E-state index in [1.807, 2.05) is 18.7 Å². The third-order valence-electron chi connectivity index (χ3n) is 1.13. The molecule has 0 radical (unpaired) electrons. The first-order chi connectivity index (χ1) is 4.83. The summed E-state index contributed by atoms with van der Waals surface area (Å²) in [6.45, 7) is 2.66. The molecule has 0 N–H and O–H groups in total. The van der Waals surface area contributed by atoms with Crippen LogP contribution in [-0.4, -0.2) is 27.7 Å². The van der Waals surface area contributed by atoms with Crippen molar-refractivity contribution in [2.45, 2.75) is 12.2 Å². The average Bonchev–Trinajstić information content (AvgIpc) is 1.80. The molecule has 0 aromatic rings. The lowest BCUT2D eigenvalue weighted by molar-refractivity contribution is 0.346. The molecule has 1 fully saturated rings. The summed E-state index contributed by atoms with van der Waals surface area (Å²) in [6.07, 6.45) is 0. The van der Waals surface area contributed by atoms with E-state index in [4.69, 9.17) is 17.0 Å².